The van der Waals surface area contributed by atoms with Gasteiger partial charge < -0.3 is 0 Å². The number of aryl methyl sites for hydroxylation is 2. The van der Waals surface area contributed by atoms with E-state index in [1.54, 1.807) is 0 Å². The Morgan fingerprint density at radius 2 is 2.06 bits per heavy atom. The number of rotatable bonds is 1. The number of hydrogen-bond acceptors (Lipinski definition) is 0. The normalized spacial score (nSPS) is 24.8. The van der Waals surface area contributed by atoms with Gasteiger partial charge in [-0.2, -0.15) is 0 Å². The van der Waals surface area contributed by atoms with Crippen molar-refractivity contribution in [2.24, 2.45) is 12.5 Å². The molecule has 4 heteroatoms. The van der Waals surface area contributed by atoms with Crippen molar-refractivity contribution in [2.75, 3.05) is 0 Å². The van der Waals surface area contributed by atoms with Gasteiger partial charge in [0.2, 0.25) is 0 Å². The molecule has 0 fully saturated rings. The van der Waals surface area contributed by atoms with Crippen LogP contribution in [0.4, 0.5) is 0 Å². The molecule has 0 bridgehead atoms. The molecule has 0 aliphatic carbocycles. The van der Waals surface area contributed by atoms with Crippen molar-refractivity contribution >= 4 is 0 Å². The first-order valence-electron chi connectivity index (χ1n) is 6.82. The summed E-state index contributed by atoms with van der Waals surface area (Å²) in [6.07, 6.45) is 11.3. The van der Waals surface area contributed by atoms with Crippen molar-refractivity contribution in [3.63, 3.8) is 0 Å². The summed E-state index contributed by atoms with van der Waals surface area (Å²) in [5.74, 6) is 2.98. The van der Waals surface area contributed by atoms with Crippen molar-refractivity contribution in [1.82, 2.24) is 9.13 Å². The van der Waals surface area contributed by atoms with Gasteiger partial charge in [0.15, 0.2) is 0 Å². The predicted molar refractivity (Wildman–Crippen MR) is 65.8 cm³/mol. The molecule has 2 aromatic heterocycles. The van der Waals surface area contributed by atoms with Crippen LogP contribution in [0.25, 0.3) is 0 Å². The summed E-state index contributed by atoms with van der Waals surface area (Å²) >= 11 is 0. The molecule has 2 aromatic rings. The minimum Gasteiger partial charge on any atom is -0.237 e. The van der Waals surface area contributed by atoms with Gasteiger partial charge in [-0.1, -0.05) is 0 Å². The lowest BCUT2D eigenvalue weighted by Gasteiger charge is -2.14. The van der Waals surface area contributed by atoms with Crippen LogP contribution in [-0.2, 0) is 39.5 Å². The Morgan fingerprint density at radius 1 is 1.22 bits per heavy atom. The third-order valence-corrected chi connectivity index (χ3v) is 4.72. The van der Waals surface area contributed by atoms with E-state index in [4.69, 9.17) is 0 Å². The van der Waals surface area contributed by atoms with E-state index in [-0.39, 0.29) is 0 Å². The van der Waals surface area contributed by atoms with E-state index in [0.717, 1.165) is 6.54 Å². The summed E-state index contributed by atoms with van der Waals surface area (Å²) in [6.45, 7) is 5.66. The van der Waals surface area contributed by atoms with E-state index < -0.39 is 0 Å². The third-order valence-electron chi connectivity index (χ3n) is 4.72. The van der Waals surface area contributed by atoms with Gasteiger partial charge in [-0.3, -0.25) is 0 Å². The molecule has 1 spiro atoms. The number of nitrogens with zero attached hydrogens (tertiary/aromatic N) is 4. The Balaban J connectivity index is 1.69. The lowest BCUT2D eigenvalue weighted by Crippen LogP contribution is -2.38. The van der Waals surface area contributed by atoms with Gasteiger partial charge in [-0.25, -0.2) is 18.3 Å². The second-order valence-electron chi connectivity index (χ2n) is 5.94. The van der Waals surface area contributed by atoms with Gasteiger partial charge in [0.05, 0.1) is 31.8 Å². The van der Waals surface area contributed by atoms with Gasteiger partial charge >= 0.3 is 0 Å². The molecular formula is C14H20N4+2. The molecule has 18 heavy (non-hydrogen) atoms. The average molecular weight is 244 g/mol. The first-order chi connectivity index (χ1) is 8.71. The second kappa shape index (κ2) is 3.25. The standard InChI is InChI=1S/C14H20N4/c1-3-16-6-7-18-11-14(9-13(16)18)8-12-15(2)4-5-17(12)10-14/h4-7H,3,8-11H2,1-2H3/q+2. The van der Waals surface area contributed by atoms with Crippen LogP contribution < -0.4 is 9.13 Å². The minimum absolute atomic E-state index is 0.432. The van der Waals surface area contributed by atoms with Crippen molar-refractivity contribution in [2.45, 2.75) is 39.4 Å². The van der Waals surface area contributed by atoms with Crippen LogP contribution >= 0.6 is 0 Å². The molecule has 0 saturated heterocycles. The van der Waals surface area contributed by atoms with Crippen LogP contribution in [0.3, 0.4) is 0 Å². The molecule has 0 radical (unpaired) electrons. The van der Waals surface area contributed by atoms with E-state index in [1.165, 1.54) is 37.6 Å². The van der Waals surface area contributed by atoms with Crippen LogP contribution in [-0.4, -0.2) is 9.13 Å². The Kier molecular flexibility index (Phi) is 1.87. The Labute approximate surface area is 107 Å². The van der Waals surface area contributed by atoms with E-state index in [9.17, 15) is 0 Å². The number of imidazole rings is 2. The SMILES string of the molecule is CCn1cc[n+]2c1CC1(Cc3n(cc[n+]3C)C1)C2. The molecule has 1 unspecified atom stereocenters. The number of hydrogen-bond donors (Lipinski definition) is 0. The summed E-state index contributed by atoms with van der Waals surface area (Å²) < 4.78 is 9.55. The van der Waals surface area contributed by atoms with Crippen LogP contribution in [0, 0.1) is 5.41 Å². The van der Waals surface area contributed by atoms with Gasteiger partial charge in [-0.15, -0.1) is 0 Å². The fourth-order valence-electron chi connectivity index (χ4n) is 3.79. The highest BCUT2D eigenvalue weighted by Crippen LogP contribution is 2.37. The smallest absolute Gasteiger partial charge is 0.237 e. The molecule has 4 heterocycles. The molecule has 0 N–H and O–H groups in total. The van der Waals surface area contributed by atoms with Crippen molar-refractivity contribution in [3.8, 4) is 0 Å². The summed E-state index contributed by atoms with van der Waals surface area (Å²) in [5.41, 5.74) is 0.432. The highest BCUT2D eigenvalue weighted by Gasteiger charge is 2.51. The molecule has 1 atom stereocenters. The quantitative estimate of drug-likeness (QED) is 0.639. The fourth-order valence-corrected chi connectivity index (χ4v) is 3.79. The maximum atomic E-state index is 2.45. The molecule has 4 rings (SSSR count). The molecule has 0 saturated carbocycles. The van der Waals surface area contributed by atoms with Crippen molar-refractivity contribution < 1.29 is 9.13 Å². The zero-order chi connectivity index (χ0) is 12.3. The minimum atomic E-state index is 0.432. The molecule has 2 aliphatic heterocycles. The summed E-state index contributed by atoms with van der Waals surface area (Å²) in [4.78, 5) is 0. The highest BCUT2D eigenvalue weighted by atomic mass is 15.2. The fraction of sp³-hybridized carbons (Fsp3) is 0.571. The van der Waals surface area contributed by atoms with Crippen molar-refractivity contribution in [1.29, 1.82) is 0 Å². The number of aromatic nitrogens is 4. The van der Waals surface area contributed by atoms with Crippen molar-refractivity contribution in [3.05, 3.63) is 36.4 Å². The van der Waals surface area contributed by atoms with Gasteiger partial charge in [-0.05, 0) is 6.92 Å². The first kappa shape index (κ1) is 10.4. The largest absolute Gasteiger partial charge is 0.257 e. The third kappa shape index (κ3) is 1.21. The first-order valence-corrected chi connectivity index (χ1v) is 6.82. The Bertz CT molecular complexity index is 622. The predicted octanol–water partition coefficient (Wildman–Crippen LogP) is 0.220. The Hall–Kier alpha value is -1.58. The van der Waals surface area contributed by atoms with Crippen LogP contribution in [0.1, 0.15) is 18.6 Å². The van der Waals surface area contributed by atoms with Crippen LogP contribution in [0.15, 0.2) is 24.8 Å². The van der Waals surface area contributed by atoms with Gasteiger partial charge in [0, 0.05) is 0 Å². The Morgan fingerprint density at radius 3 is 2.83 bits per heavy atom. The van der Waals surface area contributed by atoms with Gasteiger partial charge in [0.25, 0.3) is 11.6 Å². The maximum Gasteiger partial charge on any atom is 0.257 e. The molecule has 94 valence electrons. The number of fused-ring (bicyclic) bond motifs is 2. The van der Waals surface area contributed by atoms with E-state index >= 15 is 0 Å². The summed E-state index contributed by atoms with van der Waals surface area (Å²) in [6, 6.07) is 0. The summed E-state index contributed by atoms with van der Waals surface area (Å²) in [5, 5.41) is 0. The average Bonchev–Trinajstić information content (AvgIpc) is 3.04. The molecule has 0 amide bonds. The highest BCUT2D eigenvalue weighted by molar-refractivity contribution is 5.06. The molecule has 2 aliphatic rings. The molecule has 0 aromatic carbocycles. The van der Waals surface area contributed by atoms with E-state index in [2.05, 4.69) is 57.0 Å². The lowest BCUT2D eigenvalue weighted by molar-refractivity contribution is -0.699. The van der Waals surface area contributed by atoms with E-state index in [1.807, 2.05) is 0 Å². The zero-order valence-electron chi connectivity index (χ0n) is 11.1. The van der Waals surface area contributed by atoms with E-state index in [0.29, 0.717) is 5.41 Å². The summed E-state index contributed by atoms with van der Waals surface area (Å²) in [7, 11) is 2.16. The zero-order valence-corrected chi connectivity index (χ0v) is 11.1. The topological polar surface area (TPSA) is 17.6 Å². The van der Waals surface area contributed by atoms with Crippen LogP contribution in [0.5, 0.6) is 0 Å². The van der Waals surface area contributed by atoms with Gasteiger partial charge in [0.1, 0.15) is 37.9 Å². The maximum absolute atomic E-state index is 2.45. The molecule has 4 nitrogen and oxygen atoms in total. The monoisotopic (exact) mass is 244 g/mol. The molecular weight excluding hydrogens is 224 g/mol. The van der Waals surface area contributed by atoms with Crippen LogP contribution in [0.2, 0.25) is 0 Å². The lowest BCUT2D eigenvalue weighted by atomic mass is 9.85. The second-order valence-corrected chi connectivity index (χ2v) is 5.94.